The molecule has 0 spiro atoms. The number of carbonyl (C=O) groups is 2. The topological polar surface area (TPSA) is 77.2 Å². The van der Waals surface area contributed by atoms with E-state index in [-0.39, 0.29) is 18.2 Å². The second-order valence-corrected chi connectivity index (χ2v) is 9.21. The number of fused-ring (bicyclic) bond motifs is 1. The van der Waals surface area contributed by atoms with Gasteiger partial charge in [0, 0.05) is 34.8 Å². The van der Waals surface area contributed by atoms with Crippen molar-refractivity contribution in [2.75, 3.05) is 10.2 Å². The summed E-state index contributed by atoms with van der Waals surface area (Å²) in [5.41, 5.74) is 2.41. The van der Waals surface area contributed by atoms with Gasteiger partial charge in [0.2, 0.25) is 11.8 Å². The van der Waals surface area contributed by atoms with Crippen LogP contribution in [0.1, 0.15) is 19.3 Å². The van der Waals surface area contributed by atoms with E-state index in [1.54, 1.807) is 0 Å². The standard InChI is InChI=1S/C22H20N4O2S2/c27-20-12-19(21(28)26(20)16-6-1-13-9-10-23-18(13)11-16)30-17-7-4-15(5-8-17)25-22(29)24-14-2-3-14/h1,4-11,14,19,23H,2-3,12H2,(H2,24,25,29). The third-order valence-electron chi connectivity index (χ3n) is 5.21. The number of hydrogen-bond donors (Lipinski definition) is 3. The summed E-state index contributed by atoms with van der Waals surface area (Å²) in [5, 5.41) is 7.66. The number of amides is 2. The van der Waals surface area contributed by atoms with Crippen LogP contribution in [-0.4, -0.2) is 33.2 Å². The van der Waals surface area contributed by atoms with Crippen molar-refractivity contribution >= 4 is 63.2 Å². The molecule has 0 radical (unpaired) electrons. The van der Waals surface area contributed by atoms with E-state index in [0.717, 1.165) is 21.5 Å². The van der Waals surface area contributed by atoms with Gasteiger partial charge >= 0.3 is 0 Å². The zero-order valence-corrected chi connectivity index (χ0v) is 17.7. The second-order valence-electron chi connectivity index (χ2n) is 7.52. The first-order chi connectivity index (χ1) is 14.6. The van der Waals surface area contributed by atoms with Crippen molar-refractivity contribution in [2.45, 2.75) is 35.4 Å². The van der Waals surface area contributed by atoms with Crippen LogP contribution in [-0.2, 0) is 9.59 Å². The minimum absolute atomic E-state index is 0.168. The number of anilines is 2. The van der Waals surface area contributed by atoms with E-state index in [2.05, 4.69) is 15.6 Å². The zero-order chi connectivity index (χ0) is 20.7. The number of carbonyl (C=O) groups excluding carboxylic acids is 2. The van der Waals surface area contributed by atoms with Gasteiger partial charge in [-0.25, -0.2) is 4.90 Å². The van der Waals surface area contributed by atoms with E-state index in [4.69, 9.17) is 12.2 Å². The molecule has 1 aliphatic heterocycles. The Labute approximate surface area is 183 Å². The Morgan fingerprint density at radius 3 is 2.67 bits per heavy atom. The van der Waals surface area contributed by atoms with Gasteiger partial charge in [-0.05, 0) is 72.9 Å². The predicted octanol–water partition coefficient (Wildman–Crippen LogP) is 4.04. The highest BCUT2D eigenvalue weighted by Gasteiger charge is 2.40. The lowest BCUT2D eigenvalue weighted by Crippen LogP contribution is -2.31. The van der Waals surface area contributed by atoms with Crippen LogP contribution in [0.25, 0.3) is 10.9 Å². The monoisotopic (exact) mass is 436 g/mol. The summed E-state index contributed by atoms with van der Waals surface area (Å²) in [6.45, 7) is 0. The SMILES string of the molecule is O=C1CC(Sc2ccc(NC(=S)NC3CC3)cc2)C(=O)N1c1ccc2cc[nH]c2c1. The van der Waals surface area contributed by atoms with Crippen LogP contribution in [0.4, 0.5) is 11.4 Å². The smallest absolute Gasteiger partial charge is 0.247 e. The number of benzene rings is 2. The van der Waals surface area contributed by atoms with E-state index < -0.39 is 5.25 Å². The molecule has 2 aliphatic rings. The first kappa shape index (κ1) is 19.1. The summed E-state index contributed by atoms with van der Waals surface area (Å²) in [4.78, 5) is 30.9. The highest BCUT2D eigenvalue weighted by Crippen LogP contribution is 2.35. The zero-order valence-electron chi connectivity index (χ0n) is 16.1. The fourth-order valence-electron chi connectivity index (χ4n) is 3.50. The maximum absolute atomic E-state index is 13.0. The number of rotatable bonds is 5. The van der Waals surface area contributed by atoms with E-state index in [0.29, 0.717) is 16.8 Å². The molecular formula is C22H20N4O2S2. The second kappa shape index (κ2) is 7.77. The predicted molar refractivity (Wildman–Crippen MR) is 124 cm³/mol. The number of aromatic amines is 1. The molecule has 2 aromatic carbocycles. The fourth-order valence-corrected chi connectivity index (χ4v) is 4.84. The Morgan fingerprint density at radius 2 is 1.90 bits per heavy atom. The fraction of sp³-hybridized carbons (Fsp3) is 0.227. The number of H-pyrrole nitrogens is 1. The van der Waals surface area contributed by atoms with Crippen molar-refractivity contribution in [2.24, 2.45) is 0 Å². The van der Waals surface area contributed by atoms with Gasteiger partial charge in [0.05, 0.1) is 10.9 Å². The van der Waals surface area contributed by atoms with Gasteiger partial charge in [0.25, 0.3) is 0 Å². The maximum atomic E-state index is 13.0. The number of thioether (sulfide) groups is 1. The highest BCUT2D eigenvalue weighted by atomic mass is 32.2. The lowest BCUT2D eigenvalue weighted by molar-refractivity contribution is -0.121. The molecule has 1 aliphatic carbocycles. The molecule has 6 nitrogen and oxygen atoms in total. The Hall–Kier alpha value is -2.84. The van der Waals surface area contributed by atoms with Gasteiger partial charge in [-0.1, -0.05) is 6.07 Å². The molecule has 2 heterocycles. The molecule has 2 amide bonds. The van der Waals surface area contributed by atoms with Crippen LogP contribution >= 0.6 is 24.0 Å². The molecule has 1 atom stereocenters. The molecule has 3 N–H and O–H groups in total. The van der Waals surface area contributed by atoms with Crippen molar-refractivity contribution in [1.82, 2.24) is 10.3 Å². The van der Waals surface area contributed by atoms with E-state index in [9.17, 15) is 9.59 Å². The van der Waals surface area contributed by atoms with Crippen molar-refractivity contribution in [3.05, 3.63) is 54.7 Å². The maximum Gasteiger partial charge on any atom is 0.247 e. The van der Waals surface area contributed by atoms with Crippen LogP contribution < -0.4 is 15.5 Å². The lowest BCUT2D eigenvalue weighted by Gasteiger charge is -2.15. The molecule has 2 fully saturated rings. The van der Waals surface area contributed by atoms with Crippen LogP contribution in [0.3, 0.4) is 0 Å². The summed E-state index contributed by atoms with van der Waals surface area (Å²) in [7, 11) is 0. The van der Waals surface area contributed by atoms with E-state index in [1.165, 1.54) is 29.5 Å². The quantitative estimate of drug-likeness (QED) is 0.414. The third-order valence-corrected chi connectivity index (χ3v) is 6.62. The van der Waals surface area contributed by atoms with Gasteiger partial charge in [-0.2, -0.15) is 0 Å². The average molecular weight is 437 g/mol. The molecule has 0 bridgehead atoms. The van der Waals surface area contributed by atoms with Gasteiger partial charge in [0.15, 0.2) is 5.11 Å². The van der Waals surface area contributed by atoms with Crippen LogP contribution in [0.2, 0.25) is 0 Å². The molecule has 30 heavy (non-hydrogen) atoms. The largest absolute Gasteiger partial charge is 0.361 e. The van der Waals surface area contributed by atoms with Crippen LogP contribution in [0, 0.1) is 0 Å². The van der Waals surface area contributed by atoms with Crippen molar-refractivity contribution in [1.29, 1.82) is 0 Å². The van der Waals surface area contributed by atoms with Crippen molar-refractivity contribution < 1.29 is 9.59 Å². The Morgan fingerprint density at radius 1 is 1.10 bits per heavy atom. The molecule has 1 unspecified atom stereocenters. The minimum atomic E-state index is -0.423. The van der Waals surface area contributed by atoms with Crippen molar-refractivity contribution in [3.8, 4) is 0 Å². The number of aromatic nitrogens is 1. The number of thiocarbonyl (C=S) groups is 1. The summed E-state index contributed by atoms with van der Waals surface area (Å²) in [6.07, 6.45) is 4.37. The van der Waals surface area contributed by atoms with Crippen LogP contribution in [0.5, 0.6) is 0 Å². The lowest BCUT2D eigenvalue weighted by atomic mass is 10.2. The van der Waals surface area contributed by atoms with Gasteiger partial charge in [-0.15, -0.1) is 11.8 Å². The summed E-state index contributed by atoms with van der Waals surface area (Å²) < 4.78 is 0. The molecule has 1 aromatic heterocycles. The van der Waals surface area contributed by atoms with Crippen LogP contribution in [0.15, 0.2) is 59.6 Å². The number of nitrogens with zero attached hydrogens (tertiary/aromatic N) is 1. The van der Waals surface area contributed by atoms with E-state index in [1.807, 2.05) is 54.7 Å². The number of imide groups is 1. The molecule has 3 aromatic rings. The summed E-state index contributed by atoms with van der Waals surface area (Å²) in [5.74, 6) is -0.342. The van der Waals surface area contributed by atoms with Gasteiger partial charge in [0.1, 0.15) is 0 Å². The first-order valence-corrected chi connectivity index (χ1v) is 11.1. The van der Waals surface area contributed by atoms with Gasteiger partial charge in [-0.3, -0.25) is 9.59 Å². The molecular weight excluding hydrogens is 416 g/mol. The summed E-state index contributed by atoms with van der Waals surface area (Å²) >= 11 is 6.71. The Balaban J connectivity index is 1.25. The third kappa shape index (κ3) is 3.93. The van der Waals surface area contributed by atoms with Crippen molar-refractivity contribution in [3.63, 3.8) is 0 Å². The molecule has 1 saturated carbocycles. The Kier molecular flexibility index (Phi) is 4.96. The minimum Gasteiger partial charge on any atom is -0.361 e. The molecule has 1 saturated heterocycles. The molecule has 8 heteroatoms. The summed E-state index contributed by atoms with van der Waals surface area (Å²) in [6, 6.07) is 15.8. The molecule has 5 rings (SSSR count). The first-order valence-electron chi connectivity index (χ1n) is 9.85. The normalized spacial score (nSPS) is 18.8. The Bertz CT molecular complexity index is 1140. The van der Waals surface area contributed by atoms with E-state index >= 15 is 0 Å². The number of nitrogens with one attached hydrogen (secondary N) is 3. The average Bonchev–Trinajstić information content (AvgIpc) is 3.33. The van der Waals surface area contributed by atoms with Gasteiger partial charge < -0.3 is 15.6 Å². The highest BCUT2D eigenvalue weighted by molar-refractivity contribution is 8.00. The molecule has 152 valence electrons. The number of hydrogen-bond acceptors (Lipinski definition) is 4.